The third-order valence-electron chi connectivity index (χ3n) is 6.43. The van der Waals surface area contributed by atoms with Crippen LogP contribution in [0.3, 0.4) is 0 Å². The molecular formula is C24H27FN6O4S. The van der Waals surface area contributed by atoms with Crippen molar-refractivity contribution in [2.24, 2.45) is 0 Å². The number of halogens is 1. The van der Waals surface area contributed by atoms with Crippen LogP contribution in [0.25, 0.3) is 11.0 Å². The van der Waals surface area contributed by atoms with Crippen LogP contribution in [0.4, 0.5) is 15.9 Å². The zero-order chi connectivity index (χ0) is 25.3. The van der Waals surface area contributed by atoms with Crippen molar-refractivity contribution in [1.82, 2.24) is 19.9 Å². The quantitative estimate of drug-likeness (QED) is 0.546. The maximum Gasteiger partial charge on any atom is 0.254 e. The number of carbonyl (C=O) groups excluding carboxylic acids is 1. The molecule has 5 rings (SSSR count). The number of benzene rings is 1. The van der Waals surface area contributed by atoms with Crippen LogP contribution in [0.5, 0.6) is 0 Å². The molecule has 0 bridgehead atoms. The summed E-state index contributed by atoms with van der Waals surface area (Å²) in [6.45, 7) is 4.81. The summed E-state index contributed by atoms with van der Waals surface area (Å²) in [4.78, 5) is 30.4. The van der Waals surface area contributed by atoms with E-state index in [1.807, 2.05) is 6.92 Å². The first-order chi connectivity index (χ1) is 17.3. The summed E-state index contributed by atoms with van der Waals surface area (Å²) in [6.07, 6.45) is 4.34. The molecule has 1 amide bonds. The second kappa shape index (κ2) is 9.94. The van der Waals surface area contributed by atoms with Gasteiger partial charge in [0.05, 0.1) is 66.1 Å². The molecule has 0 saturated carbocycles. The van der Waals surface area contributed by atoms with E-state index in [-0.39, 0.29) is 36.5 Å². The Morgan fingerprint density at radius 2 is 1.83 bits per heavy atom. The monoisotopic (exact) mass is 514 g/mol. The van der Waals surface area contributed by atoms with Crippen LogP contribution in [0.1, 0.15) is 28.9 Å². The topological polar surface area (TPSA) is 118 Å². The van der Waals surface area contributed by atoms with Crippen molar-refractivity contribution in [3.63, 3.8) is 0 Å². The van der Waals surface area contributed by atoms with Gasteiger partial charge in [0.1, 0.15) is 11.6 Å². The molecule has 3 aromatic rings. The van der Waals surface area contributed by atoms with E-state index >= 15 is 0 Å². The van der Waals surface area contributed by atoms with E-state index in [0.717, 1.165) is 6.20 Å². The number of sulfone groups is 1. The predicted octanol–water partition coefficient (Wildman–Crippen LogP) is 2.04. The van der Waals surface area contributed by atoms with Gasteiger partial charge in [-0.25, -0.2) is 17.8 Å². The number of hydrogen-bond acceptors (Lipinski definition) is 9. The van der Waals surface area contributed by atoms with Crippen LogP contribution in [0.15, 0.2) is 36.8 Å². The first-order valence-electron chi connectivity index (χ1n) is 11.8. The molecule has 1 N–H and O–H groups in total. The smallest absolute Gasteiger partial charge is 0.254 e. The second-order valence-electron chi connectivity index (χ2n) is 8.96. The number of amides is 1. The van der Waals surface area contributed by atoms with Crippen LogP contribution in [-0.2, 0) is 14.6 Å². The molecule has 4 heterocycles. The highest BCUT2D eigenvalue weighted by Gasteiger charge is 2.27. The first kappa shape index (κ1) is 24.3. The number of anilines is 2. The minimum Gasteiger partial charge on any atom is -0.378 e. The first-order valence-corrected chi connectivity index (χ1v) is 13.6. The maximum absolute atomic E-state index is 13.7. The molecule has 1 unspecified atom stereocenters. The summed E-state index contributed by atoms with van der Waals surface area (Å²) in [5.74, 6) is -0.104. The number of carbonyl (C=O) groups is 1. The number of rotatable bonds is 5. The molecule has 2 aromatic heterocycles. The Kier molecular flexibility index (Phi) is 6.71. The molecule has 0 radical (unpaired) electrons. The van der Waals surface area contributed by atoms with Crippen LogP contribution in [0, 0.1) is 5.82 Å². The van der Waals surface area contributed by atoms with E-state index in [9.17, 15) is 17.6 Å². The van der Waals surface area contributed by atoms with Gasteiger partial charge in [0, 0.05) is 43.4 Å². The molecule has 2 saturated heterocycles. The number of aromatic nitrogens is 3. The van der Waals surface area contributed by atoms with Gasteiger partial charge in [-0.2, -0.15) is 0 Å². The lowest BCUT2D eigenvalue weighted by molar-refractivity contribution is 0.0770. The van der Waals surface area contributed by atoms with Crippen LogP contribution in [0.2, 0.25) is 0 Å². The van der Waals surface area contributed by atoms with Gasteiger partial charge in [0.2, 0.25) is 0 Å². The van der Waals surface area contributed by atoms with Gasteiger partial charge >= 0.3 is 0 Å². The average Bonchev–Trinajstić information content (AvgIpc) is 2.88. The lowest BCUT2D eigenvalue weighted by Crippen LogP contribution is -2.43. The highest BCUT2D eigenvalue weighted by Crippen LogP contribution is 2.29. The summed E-state index contributed by atoms with van der Waals surface area (Å²) in [5.41, 5.74) is 2.78. The Morgan fingerprint density at radius 3 is 2.56 bits per heavy atom. The largest absolute Gasteiger partial charge is 0.378 e. The normalized spacial score (nSPS) is 18.7. The Hall–Kier alpha value is -3.38. The van der Waals surface area contributed by atoms with Gasteiger partial charge in [-0.3, -0.25) is 14.8 Å². The Morgan fingerprint density at radius 1 is 1.08 bits per heavy atom. The van der Waals surface area contributed by atoms with Crippen LogP contribution >= 0.6 is 0 Å². The van der Waals surface area contributed by atoms with Gasteiger partial charge in [0.15, 0.2) is 9.84 Å². The highest BCUT2D eigenvalue weighted by molar-refractivity contribution is 7.91. The third-order valence-corrected chi connectivity index (χ3v) is 8.04. The summed E-state index contributed by atoms with van der Waals surface area (Å²) < 4.78 is 42.8. The van der Waals surface area contributed by atoms with E-state index in [1.165, 1.54) is 12.3 Å². The molecule has 190 valence electrons. The Bertz CT molecular complexity index is 1380. The average molecular weight is 515 g/mol. The van der Waals surface area contributed by atoms with Gasteiger partial charge in [-0.15, -0.1) is 0 Å². The number of nitrogens with zero attached hydrogens (tertiary/aromatic N) is 5. The molecule has 0 spiro atoms. The number of hydrogen-bond donors (Lipinski definition) is 1. The van der Waals surface area contributed by atoms with Gasteiger partial charge in [0.25, 0.3) is 5.91 Å². The van der Waals surface area contributed by atoms with E-state index < -0.39 is 15.7 Å². The fraction of sp³-hybridized carbons (Fsp3) is 0.417. The van der Waals surface area contributed by atoms with Gasteiger partial charge in [-0.05, 0) is 19.1 Å². The molecule has 36 heavy (non-hydrogen) atoms. The van der Waals surface area contributed by atoms with Gasteiger partial charge < -0.3 is 19.9 Å². The van der Waals surface area contributed by atoms with Crippen molar-refractivity contribution >= 4 is 38.3 Å². The van der Waals surface area contributed by atoms with Crippen molar-refractivity contribution < 1.29 is 22.3 Å². The lowest BCUT2D eigenvalue weighted by atomic mass is 10.0. The lowest BCUT2D eigenvalue weighted by Gasteiger charge is -2.28. The molecule has 10 nitrogen and oxygen atoms in total. The number of pyridine rings is 1. The summed E-state index contributed by atoms with van der Waals surface area (Å²) in [7, 11) is -3.12. The zero-order valence-corrected chi connectivity index (χ0v) is 20.7. The van der Waals surface area contributed by atoms with Crippen molar-refractivity contribution in [2.45, 2.75) is 13.0 Å². The molecule has 12 heteroatoms. The maximum atomic E-state index is 13.7. The summed E-state index contributed by atoms with van der Waals surface area (Å²) in [5, 5.41) is 3.24. The minimum absolute atomic E-state index is 0.0492. The second-order valence-corrected chi connectivity index (χ2v) is 11.3. The van der Waals surface area contributed by atoms with Crippen LogP contribution < -0.4 is 10.2 Å². The zero-order valence-electron chi connectivity index (χ0n) is 19.9. The molecule has 2 fully saturated rings. The number of fused-ring (bicyclic) bond motifs is 1. The van der Waals surface area contributed by atoms with Crippen molar-refractivity contribution in [1.29, 1.82) is 0 Å². The predicted molar refractivity (Wildman–Crippen MR) is 133 cm³/mol. The Balaban J connectivity index is 1.53. The molecule has 1 aromatic carbocycles. The summed E-state index contributed by atoms with van der Waals surface area (Å²) >= 11 is 0. The van der Waals surface area contributed by atoms with E-state index in [2.05, 4.69) is 20.2 Å². The highest BCUT2D eigenvalue weighted by atomic mass is 32.2. The van der Waals surface area contributed by atoms with Crippen molar-refractivity contribution in [2.75, 3.05) is 61.1 Å². The van der Waals surface area contributed by atoms with Gasteiger partial charge in [-0.1, -0.05) is 0 Å². The standard InChI is InChI=1S/C24H27FN6O4S/c1-16(28-19-12-18(25)13-26-14-19)20-10-17(24(32)31-4-8-36(33,34)9-5-31)11-21-23(20)29-22(15-27-21)30-2-6-35-7-3-30/h10-16,28H,2-9H2,1H3. The summed E-state index contributed by atoms with van der Waals surface area (Å²) in [6, 6.07) is 4.44. The van der Waals surface area contributed by atoms with E-state index in [1.54, 1.807) is 23.2 Å². The van der Waals surface area contributed by atoms with E-state index in [4.69, 9.17) is 9.72 Å². The molecule has 2 aliphatic rings. The Labute approximate surface area is 208 Å². The number of nitrogens with one attached hydrogen (secondary N) is 1. The minimum atomic E-state index is -3.12. The van der Waals surface area contributed by atoms with Crippen molar-refractivity contribution in [3.8, 4) is 0 Å². The van der Waals surface area contributed by atoms with Crippen LogP contribution in [-0.4, -0.2) is 85.1 Å². The third kappa shape index (κ3) is 5.24. The molecule has 0 aliphatic carbocycles. The van der Waals surface area contributed by atoms with Crippen molar-refractivity contribution in [3.05, 3.63) is 53.7 Å². The molecular weight excluding hydrogens is 487 g/mol. The fourth-order valence-electron chi connectivity index (χ4n) is 4.45. The number of morpholine rings is 1. The molecule has 1 atom stereocenters. The fourth-order valence-corrected chi connectivity index (χ4v) is 5.65. The molecule has 2 aliphatic heterocycles. The SMILES string of the molecule is CC(Nc1cncc(F)c1)c1cc(C(=O)N2CCS(=O)(=O)CC2)cc2ncc(N3CCOCC3)nc12. The van der Waals surface area contributed by atoms with E-state index in [0.29, 0.717) is 60.0 Å². The number of ether oxygens (including phenoxy) is 1.